The number of carbonyl (C=O) groups is 2. The van der Waals surface area contributed by atoms with Gasteiger partial charge in [0.15, 0.2) is 0 Å². The molecule has 0 saturated carbocycles. The second kappa shape index (κ2) is 6.42. The van der Waals surface area contributed by atoms with E-state index in [1.807, 2.05) is 11.8 Å². The van der Waals surface area contributed by atoms with Gasteiger partial charge in [-0.25, -0.2) is 4.98 Å². The Hall–Kier alpha value is -2.02. The van der Waals surface area contributed by atoms with Crippen molar-refractivity contribution in [1.29, 1.82) is 0 Å². The Balaban J connectivity index is 1.91. The second-order valence-corrected chi connectivity index (χ2v) is 4.62. The summed E-state index contributed by atoms with van der Waals surface area (Å²) in [4.78, 5) is 35.3. The molecule has 1 saturated heterocycles. The lowest BCUT2D eigenvalue weighted by Crippen LogP contribution is -2.53. The molecular formula is C13H18N4O3. The maximum atomic E-state index is 12.2. The van der Waals surface area contributed by atoms with Crippen molar-refractivity contribution in [3.63, 3.8) is 0 Å². The van der Waals surface area contributed by atoms with E-state index in [1.165, 1.54) is 25.7 Å². The first kappa shape index (κ1) is 14.4. The molecule has 2 rings (SSSR count). The molecule has 1 aliphatic heterocycles. The average Bonchev–Trinajstić information content (AvgIpc) is 2.53. The zero-order valence-corrected chi connectivity index (χ0v) is 11.7. The van der Waals surface area contributed by atoms with E-state index in [0.29, 0.717) is 31.9 Å². The van der Waals surface area contributed by atoms with Crippen molar-refractivity contribution in [3.05, 3.63) is 24.3 Å². The third-order valence-corrected chi connectivity index (χ3v) is 3.47. The van der Waals surface area contributed by atoms with E-state index in [0.717, 1.165) is 0 Å². The van der Waals surface area contributed by atoms with Gasteiger partial charge < -0.3 is 9.64 Å². The van der Waals surface area contributed by atoms with Crippen LogP contribution in [0, 0.1) is 0 Å². The van der Waals surface area contributed by atoms with E-state index >= 15 is 0 Å². The summed E-state index contributed by atoms with van der Waals surface area (Å²) >= 11 is 0. The largest absolute Gasteiger partial charge is 0.468 e. The van der Waals surface area contributed by atoms with Crippen molar-refractivity contribution in [2.45, 2.75) is 13.0 Å². The monoisotopic (exact) mass is 278 g/mol. The molecule has 7 heteroatoms. The van der Waals surface area contributed by atoms with Crippen LogP contribution < -0.4 is 0 Å². The first-order valence-electron chi connectivity index (χ1n) is 6.50. The Morgan fingerprint density at radius 2 is 1.95 bits per heavy atom. The van der Waals surface area contributed by atoms with Gasteiger partial charge in [-0.05, 0) is 6.92 Å². The van der Waals surface area contributed by atoms with Gasteiger partial charge >= 0.3 is 5.97 Å². The van der Waals surface area contributed by atoms with Gasteiger partial charge in [0.05, 0.1) is 13.3 Å². The zero-order valence-electron chi connectivity index (χ0n) is 11.7. The third kappa shape index (κ3) is 3.11. The van der Waals surface area contributed by atoms with Crippen LogP contribution in [0.25, 0.3) is 0 Å². The Morgan fingerprint density at radius 3 is 2.50 bits per heavy atom. The van der Waals surface area contributed by atoms with Gasteiger partial charge in [0, 0.05) is 38.6 Å². The van der Waals surface area contributed by atoms with Crippen molar-refractivity contribution in [2.75, 3.05) is 33.3 Å². The molecule has 0 spiro atoms. The predicted octanol–water partition coefficient (Wildman–Crippen LogP) is -0.204. The van der Waals surface area contributed by atoms with E-state index in [2.05, 4.69) is 9.97 Å². The highest BCUT2D eigenvalue weighted by atomic mass is 16.5. The lowest BCUT2D eigenvalue weighted by molar-refractivity contribution is -0.146. The van der Waals surface area contributed by atoms with Crippen LogP contribution in [0.2, 0.25) is 0 Å². The Morgan fingerprint density at radius 1 is 1.25 bits per heavy atom. The third-order valence-electron chi connectivity index (χ3n) is 3.47. The van der Waals surface area contributed by atoms with Crippen LogP contribution in [0.5, 0.6) is 0 Å². The topological polar surface area (TPSA) is 75.6 Å². The fourth-order valence-corrected chi connectivity index (χ4v) is 2.20. The van der Waals surface area contributed by atoms with Crippen LogP contribution in [0.15, 0.2) is 18.6 Å². The van der Waals surface area contributed by atoms with Crippen LogP contribution in [-0.4, -0.2) is 71.0 Å². The maximum Gasteiger partial charge on any atom is 0.322 e. The molecule has 0 radical (unpaired) electrons. The molecule has 2 heterocycles. The number of rotatable bonds is 3. The van der Waals surface area contributed by atoms with Crippen LogP contribution in [0.1, 0.15) is 17.4 Å². The summed E-state index contributed by atoms with van der Waals surface area (Å²) in [5, 5.41) is 0. The molecule has 1 aliphatic rings. The number of esters is 1. The summed E-state index contributed by atoms with van der Waals surface area (Å²) in [5.41, 5.74) is 0.349. The molecule has 0 N–H and O–H groups in total. The highest BCUT2D eigenvalue weighted by Crippen LogP contribution is 2.10. The Bertz CT molecular complexity index is 472. The first-order valence-corrected chi connectivity index (χ1v) is 6.50. The number of ether oxygens (including phenoxy) is 1. The number of aromatic nitrogens is 2. The van der Waals surface area contributed by atoms with Crippen LogP contribution in [0.3, 0.4) is 0 Å². The summed E-state index contributed by atoms with van der Waals surface area (Å²) < 4.78 is 4.73. The Labute approximate surface area is 117 Å². The molecule has 1 fully saturated rings. The minimum atomic E-state index is -0.284. The maximum absolute atomic E-state index is 12.2. The van der Waals surface area contributed by atoms with E-state index in [1.54, 1.807) is 4.90 Å². The predicted molar refractivity (Wildman–Crippen MR) is 71.0 cm³/mol. The fourth-order valence-electron chi connectivity index (χ4n) is 2.20. The van der Waals surface area contributed by atoms with E-state index < -0.39 is 0 Å². The molecule has 20 heavy (non-hydrogen) atoms. The summed E-state index contributed by atoms with van der Waals surface area (Å²) in [6.45, 7) is 4.23. The van der Waals surface area contributed by atoms with Crippen LogP contribution in [-0.2, 0) is 9.53 Å². The molecule has 7 nitrogen and oxygen atoms in total. The number of amides is 1. The smallest absolute Gasteiger partial charge is 0.322 e. The molecule has 1 unspecified atom stereocenters. The summed E-state index contributed by atoms with van der Waals surface area (Å²) in [5.74, 6) is -0.373. The molecular weight excluding hydrogens is 260 g/mol. The Kier molecular flexibility index (Phi) is 4.62. The van der Waals surface area contributed by atoms with Crippen molar-refractivity contribution < 1.29 is 14.3 Å². The van der Waals surface area contributed by atoms with E-state index in [-0.39, 0.29) is 17.9 Å². The van der Waals surface area contributed by atoms with Crippen molar-refractivity contribution in [1.82, 2.24) is 19.8 Å². The van der Waals surface area contributed by atoms with Crippen molar-refractivity contribution in [2.24, 2.45) is 0 Å². The quantitative estimate of drug-likeness (QED) is 0.713. The fraction of sp³-hybridized carbons (Fsp3) is 0.538. The lowest BCUT2D eigenvalue weighted by Gasteiger charge is -2.36. The molecule has 0 aromatic carbocycles. The summed E-state index contributed by atoms with van der Waals surface area (Å²) in [6, 6.07) is -0.284. The number of hydrogen-bond donors (Lipinski definition) is 0. The summed E-state index contributed by atoms with van der Waals surface area (Å²) in [7, 11) is 1.38. The van der Waals surface area contributed by atoms with Gasteiger partial charge in [0.25, 0.3) is 5.91 Å². The van der Waals surface area contributed by atoms with E-state index in [9.17, 15) is 9.59 Å². The molecule has 1 aromatic heterocycles. The number of hydrogen-bond acceptors (Lipinski definition) is 6. The normalized spacial score (nSPS) is 17.6. The van der Waals surface area contributed by atoms with Crippen molar-refractivity contribution in [3.8, 4) is 0 Å². The van der Waals surface area contributed by atoms with Gasteiger partial charge in [0.2, 0.25) is 0 Å². The molecule has 108 valence electrons. The molecule has 0 bridgehead atoms. The number of carbonyl (C=O) groups excluding carboxylic acids is 2. The number of piperazine rings is 1. The molecule has 1 amide bonds. The number of nitrogens with zero attached hydrogens (tertiary/aromatic N) is 4. The molecule has 0 aliphatic carbocycles. The van der Waals surface area contributed by atoms with Gasteiger partial charge in [-0.15, -0.1) is 0 Å². The van der Waals surface area contributed by atoms with Gasteiger partial charge in [-0.2, -0.15) is 0 Å². The minimum Gasteiger partial charge on any atom is -0.468 e. The number of methoxy groups -OCH3 is 1. The van der Waals surface area contributed by atoms with Crippen LogP contribution in [0.4, 0.5) is 0 Å². The first-order chi connectivity index (χ1) is 9.63. The van der Waals surface area contributed by atoms with Crippen LogP contribution >= 0.6 is 0 Å². The van der Waals surface area contributed by atoms with Gasteiger partial charge in [-0.1, -0.05) is 0 Å². The molecule has 1 atom stereocenters. The van der Waals surface area contributed by atoms with Crippen molar-refractivity contribution >= 4 is 11.9 Å². The molecule has 1 aromatic rings. The minimum absolute atomic E-state index is 0.122. The highest BCUT2D eigenvalue weighted by Gasteiger charge is 2.28. The van der Waals surface area contributed by atoms with E-state index in [4.69, 9.17) is 4.74 Å². The standard InChI is InChI=1S/C13H18N4O3/c1-10(13(19)20-2)16-5-7-17(8-6-16)12(18)11-9-14-3-4-15-11/h3-4,9-10H,5-8H2,1-2H3. The zero-order chi connectivity index (χ0) is 14.5. The summed E-state index contributed by atoms with van der Waals surface area (Å²) in [6.07, 6.45) is 4.50. The average molecular weight is 278 g/mol. The lowest BCUT2D eigenvalue weighted by atomic mass is 10.2. The second-order valence-electron chi connectivity index (χ2n) is 4.62. The highest BCUT2D eigenvalue weighted by molar-refractivity contribution is 5.92. The van der Waals surface area contributed by atoms with Gasteiger partial charge in [0.1, 0.15) is 11.7 Å². The van der Waals surface area contributed by atoms with Gasteiger partial charge in [-0.3, -0.25) is 19.5 Å². The SMILES string of the molecule is COC(=O)C(C)N1CCN(C(=O)c2cnccn2)CC1.